The molecule has 2 atom stereocenters. The van der Waals surface area contributed by atoms with E-state index in [1.807, 2.05) is 12.1 Å². The van der Waals surface area contributed by atoms with Gasteiger partial charge in [0.1, 0.15) is 0 Å². The van der Waals surface area contributed by atoms with E-state index in [0.717, 1.165) is 11.6 Å². The summed E-state index contributed by atoms with van der Waals surface area (Å²) in [7, 11) is 2.20. The fraction of sp³-hybridized carbons (Fsp3) is 0.647. The van der Waals surface area contributed by atoms with Gasteiger partial charge in [-0.1, -0.05) is 30.7 Å². The normalized spacial score (nSPS) is 20.4. The van der Waals surface area contributed by atoms with Crippen LogP contribution >= 0.6 is 11.6 Å². The molecule has 21 heavy (non-hydrogen) atoms. The van der Waals surface area contributed by atoms with E-state index in [1.54, 1.807) is 0 Å². The quantitative estimate of drug-likeness (QED) is 0.872. The number of likely N-dealkylation sites (N-methyl/N-ethyl adjacent to an activating group) is 1. The number of piperazine rings is 1. The first-order chi connectivity index (χ1) is 10.0. The van der Waals surface area contributed by atoms with Gasteiger partial charge < -0.3 is 15.1 Å². The minimum atomic E-state index is 0.372. The molecule has 3 nitrogen and oxygen atoms in total. The van der Waals surface area contributed by atoms with Crippen LogP contribution in [0.2, 0.25) is 5.02 Å². The Morgan fingerprint density at radius 3 is 2.33 bits per heavy atom. The molecule has 0 amide bonds. The summed E-state index contributed by atoms with van der Waals surface area (Å²) < 4.78 is 0. The van der Waals surface area contributed by atoms with E-state index < -0.39 is 0 Å². The van der Waals surface area contributed by atoms with Gasteiger partial charge >= 0.3 is 0 Å². The average molecular weight is 310 g/mol. The second kappa shape index (κ2) is 8.14. The summed E-state index contributed by atoms with van der Waals surface area (Å²) in [5.74, 6) is 0.670. The maximum atomic E-state index is 5.93. The highest BCUT2D eigenvalue weighted by atomic mass is 35.5. The van der Waals surface area contributed by atoms with Gasteiger partial charge in [-0.05, 0) is 44.1 Å². The van der Waals surface area contributed by atoms with Crippen LogP contribution in [0, 0.1) is 5.92 Å². The number of benzene rings is 1. The number of hydrogen-bond acceptors (Lipinski definition) is 3. The minimum Gasteiger partial charge on any atom is -0.310 e. The average Bonchev–Trinajstić information content (AvgIpc) is 2.48. The second-order valence-corrected chi connectivity index (χ2v) is 6.83. The van der Waals surface area contributed by atoms with Crippen LogP contribution in [0.25, 0.3) is 0 Å². The van der Waals surface area contributed by atoms with Crippen molar-refractivity contribution < 1.29 is 0 Å². The SMILES string of the molecule is CC(CNC(C)c1ccc(Cl)cc1)CN1CCN(C)CC1. The minimum absolute atomic E-state index is 0.372. The van der Waals surface area contributed by atoms with Gasteiger partial charge in [-0.2, -0.15) is 0 Å². The lowest BCUT2D eigenvalue weighted by molar-refractivity contribution is 0.138. The van der Waals surface area contributed by atoms with Gasteiger partial charge in [-0.15, -0.1) is 0 Å². The molecule has 1 aromatic rings. The zero-order valence-corrected chi connectivity index (χ0v) is 14.2. The Morgan fingerprint density at radius 2 is 1.71 bits per heavy atom. The lowest BCUT2D eigenvalue weighted by atomic mass is 10.1. The Balaban J connectivity index is 1.70. The van der Waals surface area contributed by atoms with Gasteiger partial charge in [0.25, 0.3) is 0 Å². The van der Waals surface area contributed by atoms with E-state index >= 15 is 0 Å². The van der Waals surface area contributed by atoms with Crippen LogP contribution in [-0.4, -0.2) is 56.1 Å². The Kier molecular flexibility index (Phi) is 6.49. The van der Waals surface area contributed by atoms with E-state index in [0.29, 0.717) is 12.0 Å². The molecule has 0 saturated carbocycles. The van der Waals surface area contributed by atoms with Crippen molar-refractivity contribution >= 4 is 11.6 Å². The molecule has 0 aliphatic carbocycles. The van der Waals surface area contributed by atoms with Gasteiger partial charge in [-0.3, -0.25) is 0 Å². The second-order valence-electron chi connectivity index (χ2n) is 6.39. The van der Waals surface area contributed by atoms with Crippen LogP contribution in [0.5, 0.6) is 0 Å². The molecule has 1 fully saturated rings. The largest absolute Gasteiger partial charge is 0.310 e. The van der Waals surface area contributed by atoms with E-state index in [1.165, 1.54) is 38.3 Å². The highest BCUT2D eigenvalue weighted by Crippen LogP contribution is 2.16. The Labute approximate surface area is 134 Å². The Bertz CT molecular complexity index is 413. The smallest absolute Gasteiger partial charge is 0.0406 e. The van der Waals surface area contributed by atoms with Gasteiger partial charge in [0, 0.05) is 43.8 Å². The fourth-order valence-corrected chi connectivity index (χ4v) is 2.91. The van der Waals surface area contributed by atoms with Crippen molar-refractivity contribution in [2.75, 3.05) is 46.3 Å². The molecular formula is C17H28ClN3. The van der Waals surface area contributed by atoms with Gasteiger partial charge in [0.2, 0.25) is 0 Å². The zero-order chi connectivity index (χ0) is 15.2. The number of nitrogens with one attached hydrogen (secondary N) is 1. The monoisotopic (exact) mass is 309 g/mol. The molecule has 118 valence electrons. The van der Waals surface area contributed by atoms with Gasteiger partial charge in [0.15, 0.2) is 0 Å². The molecule has 1 N–H and O–H groups in total. The van der Waals surface area contributed by atoms with Crippen molar-refractivity contribution in [3.63, 3.8) is 0 Å². The number of halogens is 1. The van der Waals surface area contributed by atoms with E-state index in [9.17, 15) is 0 Å². The summed E-state index contributed by atoms with van der Waals surface area (Å²) in [6.07, 6.45) is 0. The number of hydrogen-bond donors (Lipinski definition) is 1. The third kappa shape index (κ3) is 5.59. The van der Waals surface area contributed by atoms with Crippen molar-refractivity contribution in [3.8, 4) is 0 Å². The standard InChI is InChI=1S/C17H28ClN3/c1-14(13-21-10-8-20(3)9-11-21)12-19-15(2)16-4-6-17(18)7-5-16/h4-7,14-15,19H,8-13H2,1-3H3. The lowest BCUT2D eigenvalue weighted by Gasteiger charge is -2.34. The van der Waals surface area contributed by atoms with Crippen molar-refractivity contribution in [1.29, 1.82) is 0 Å². The predicted molar refractivity (Wildman–Crippen MR) is 91.0 cm³/mol. The molecule has 1 heterocycles. The lowest BCUT2D eigenvalue weighted by Crippen LogP contribution is -2.46. The highest BCUT2D eigenvalue weighted by Gasteiger charge is 2.16. The maximum absolute atomic E-state index is 5.93. The molecule has 0 aromatic heterocycles. The highest BCUT2D eigenvalue weighted by molar-refractivity contribution is 6.30. The van der Waals surface area contributed by atoms with Crippen LogP contribution in [0.1, 0.15) is 25.5 Å². The van der Waals surface area contributed by atoms with Gasteiger partial charge in [0.05, 0.1) is 0 Å². The van der Waals surface area contributed by atoms with Crippen LogP contribution in [0.4, 0.5) is 0 Å². The Morgan fingerprint density at radius 1 is 1.10 bits per heavy atom. The first-order valence-corrected chi connectivity index (χ1v) is 8.32. The van der Waals surface area contributed by atoms with Crippen LogP contribution in [0.3, 0.4) is 0 Å². The van der Waals surface area contributed by atoms with Crippen LogP contribution in [-0.2, 0) is 0 Å². The third-order valence-electron chi connectivity index (χ3n) is 4.31. The van der Waals surface area contributed by atoms with Crippen LogP contribution < -0.4 is 5.32 Å². The molecule has 0 bridgehead atoms. The third-order valence-corrected chi connectivity index (χ3v) is 4.56. The van der Waals surface area contributed by atoms with Crippen LogP contribution in [0.15, 0.2) is 24.3 Å². The summed E-state index contributed by atoms with van der Waals surface area (Å²) >= 11 is 5.93. The summed E-state index contributed by atoms with van der Waals surface area (Å²) in [4.78, 5) is 4.99. The van der Waals surface area contributed by atoms with E-state index in [-0.39, 0.29) is 0 Å². The summed E-state index contributed by atoms with van der Waals surface area (Å²) in [6, 6.07) is 8.50. The molecular weight excluding hydrogens is 282 g/mol. The van der Waals surface area contributed by atoms with E-state index in [4.69, 9.17) is 11.6 Å². The topological polar surface area (TPSA) is 18.5 Å². The van der Waals surface area contributed by atoms with E-state index in [2.05, 4.69) is 48.1 Å². The molecule has 2 unspecified atom stereocenters. The predicted octanol–water partition coefficient (Wildman–Crippen LogP) is 2.87. The molecule has 0 spiro atoms. The van der Waals surface area contributed by atoms with Crippen molar-refractivity contribution in [1.82, 2.24) is 15.1 Å². The molecule has 1 aromatic carbocycles. The molecule has 1 aliphatic rings. The van der Waals surface area contributed by atoms with Crippen molar-refractivity contribution in [2.45, 2.75) is 19.9 Å². The number of nitrogens with zero attached hydrogens (tertiary/aromatic N) is 2. The molecule has 4 heteroatoms. The zero-order valence-electron chi connectivity index (χ0n) is 13.5. The maximum Gasteiger partial charge on any atom is 0.0406 e. The summed E-state index contributed by atoms with van der Waals surface area (Å²) in [6.45, 7) is 11.6. The first kappa shape index (κ1) is 16.8. The first-order valence-electron chi connectivity index (χ1n) is 7.94. The Hall–Kier alpha value is -0.610. The van der Waals surface area contributed by atoms with Crippen molar-refractivity contribution in [3.05, 3.63) is 34.9 Å². The molecule has 2 rings (SSSR count). The summed E-state index contributed by atoms with van der Waals surface area (Å²) in [5.41, 5.74) is 1.30. The molecule has 1 saturated heterocycles. The van der Waals surface area contributed by atoms with Gasteiger partial charge in [-0.25, -0.2) is 0 Å². The molecule has 0 radical (unpaired) electrons. The fourth-order valence-electron chi connectivity index (χ4n) is 2.78. The van der Waals surface area contributed by atoms with Crippen molar-refractivity contribution in [2.24, 2.45) is 5.92 Å². The summed E-state index contributed by atoms with van der Waals surface area (Å²) in [5, 5.41) is 4.44. The molecule has 1 aliphatic heterocycles. The number of rotatable bonds is 6.